The first-order chi connectivity index (χ1) is 8.82. The lowest BCUT2D eigenvalue weighted by molar-refractivity contribution is 0.000660. The number of anilines is 1. The van der Waals surface area contributed by atoms with Crippen LogP contribution in [0.4, 0.5) is 5.69 Å². The normalized spacial score (nSPS) is 12.4. The molecule has 0 aromatic heterocycles. The third-order valence-corrected chi connectivity index (χ3v) is 4.16. The van der Waals surface area contributed by atoms with E-state index in [0.717, 1.165) is 0 Å². The quantitative estimate of drug-likeness (QED) is 0.802. The second-order valence-corrected chi connectivity index (χ2v) is 6.60. The number of para-hydroxylation sites is 1. The maximum atomic E-state index is 11.9. The van der Waals surface area contributed by atoms with Crippen LogP contribution in [-0.2, 0) is 14.8 Å². The zero-order chi connectivity index (χ0) is 14.5. The van der Waals surface area contributed by atoms with Gasteiger partial charge in [0, 0.05) is 13.2 Å². The number of benzene rings is 1. The summed E-state index contributed by atoms with van der Waals surface area (Å²) in [4.78, 5) is 0.241. The van der Waals surface area contributed by atoms with Gasteiger partial charge < -0.3 is 10.1 Å². The summed E-state index contributed by atoms with van der Waals surface area (Å²) in [5.41, 5.74) is 0.218. The van der Waals surface area contributed by atoms with Crippen LogP contribution >= 0.6 is 0 Å². The van der Waals surface area contributed by atoms with Gasteiger partial charge in [-0.25, -0.2) is 13.1 Å². The average Bonchev–Trinajstić information content (AvgIpc) is 2.37. The molecule has 2 N–H and O–H groups in total. The van der Waals surface area contributed by atoms with E-state index >= 15 is 0 Å². The van der Waals surface area contributed by atoms with Crippen molar-refractivity contribution in [1.29, 1.82) is 0 Å². The van der Waals surface area contributed by atoms with Gasteiger partial charge in [-0.05, 0) is 40.0 Å². The molecule has 0 aliphatic heterocycles. The summed E-state index contributed by atoms with van der Waals surface area (Å²) in [6.07, 6.45) is 0. The zero-order valence-electron chi connectivity index (χ0n) is 11.9. The van der Waals surface area contributed by atoms with Crippen molar-refractivity contribution in [2.45, 2.75) is 31.3 Å². The van der Waals surface area contributed by atoms with Gasteiger partial charge in [-0.15, -0.1) is 0 Å². The highest BCUT2D eigenvalue weighted by atomic mass is 32.2. The molecule has 1 rings (SSSR count). The van der Waals surface area contributed by atoms with E-state index in [2.05, 4.69) is 10.0 Å². The fraction of sp³-hybridized carbons (Fsp3) is 0.538. The Morgan fingerprint density at radius 1 is 1.26 bits per heavy atom. The Morgan fingerprint density at radius 3 is 2.47 bits per heavy atom. The van der Waals surface area contributed by atoms with Crippen molar-refractivity contribution in [1.82, 2.24) is 4.72 Å². The van der Waals surface area contributed by atoms with Crippen molar-refractivity contribution in [3.63, 3.8) is 0 Å². The van der Waals surface area contributed by atoms with Crippen molar-refractivity contribution in [2.75, 3.05) is 25.5 Å². The lowest BCUT2D eigenvalue weighted by atomic mass is 10.1. The van der Waals surface area contributed by atoms with Crippen LogP contribution in [0.1, 0.15) is 20.8 Å². The summed E-state index contributed by atoms with van der Waals surface area (Å²) in [6.45, 7) is 6.99. The molecule has 0 bridgehead atoms. The number of ether oxygens (including phenoxy) is 1. The summed E-state index contributed by atoms with van der Waals surface area (Å²) in [5.74, 6) is 0. The lowest BCUT2D eigenvalue weighted by Gasteiger charge is -2.26. The fourth-order valence-corrected chi connectivity index (χ4v) is 2.61. The maximum Gasteiger partial charge on any atom is 0.242 e. The molecule has 0 spiro atoms. The molecule has 0 radical (unpaired) electrons. The number of sulfonamides is 1. The fourth-order valence-electron chi connectivity index (χ4n) is 1.71. The predicted octanol–water partition coefficient (Wildman–Crippen LogP) is 1.82. The van der Waals surface area contributed by atoms with E-state index < -0.39 is 10.0 Å². The number of hydrogen-bond donors (Lipinski definition) is 2. The second-order valence-electron chi connectivity index (χ2n) is 4.75. The van der Waals surface area contributed by atoms with Crippen LogP contribution in [0.25, 0.3) is 0 Å². The molecule has 1 aromatic carbocycles. The molecule has 5 nitrogen and oxygen atoms in total. The van der Waals surface area contributed by atoms with Crippen LogP contribution in [0.3, 0.4) is 0 Å². The van der Waals surface area contributed by atoms with E-state index in [1.807, 2.05) is 20.8 Å². The van der Waals surface area contributed by atoms with E-state index in [4.69, 9.17) is 4.74 Å². The largest absolute Gasteiger partial charge is 0.381 e. The molecular formula is C13H22N2O3S. The molecule has 6 heteroatoms. The maximum absolute atomic E-state index is 11.9. The topological polar surface area (TPSA) is 67.4 Å². The Morgan fingerprint density at radius 2 is 1.89 bits per heavy atom. The van der Waals surface area contributed by atoms with Gasteiger partial charge in [-0.2, -0.15) is 0 Å². The minimum Gasteiger partial charge on any atom is -0.381 e. The molecular weight excluding hydrogens is 264 g/mol. The van der Waals surface area contributed by atoms with E-state index in [-0.39, 0.29) is 10.5 Å². The summed E-state index contributed by atoms with van der Waals surface area (Å²) in [5, 5.41) is 3.13. The first kappa shape index (κ1) is 15.9. The Hall–Kier alpha value is -1.11. The van der Waals surface area contributed by atoms with Gasteiger partial charge in [0.15, 0.2) is 0 Å². The van der Waals surface area contributed by atoms with E-state index in [1.165, 1.54) is 7.05 Å². The highest BCUT2D eigenvalue weighted by Gasteiger charge is 2.20. The smallest absolute Gasteiger partial charge is 0.242 e. The number of nitrogens with one attached hydrogen (secondary N) is 2. The van der Waals surface area contributed by atoms with Crippen LogP contribution in [0.15, 0.2) is 29.2 Å². The van der Waals surface area contributed by atoms with Crippen LogP contribution in [0.2, 0.25) is 0 Å². The molecule has 19 heavy (non-hydrogen) atoms. The Balaban J connectivity index is 2.91. The molecule has 0 unspecified atom stereocenters. The van der Waals surface area contributed by atoms with Gasteiger partial charge in [-0.1, -0.05) is 12.1 Å². The van der Waals surface area contributed by atoms with Gasteiger partial charge in [0.05, 0.1) is 11.3 Å². The average molecular weight is 286 g/mol. The van der Waals surface area contributed by atoms with Crippen LogP contribution in [-0.4, -0.2) is 34.2 Å². The summed E-state index contributed by atoms with van der Waals surface area (Å²) < 4.78 is 31.7. The van der Waals surface area contributed by atoms with Crippen LogP contribution in [0, 0.1) is 0 Å². The molecule has 108 valence electrons. The first-order valence-electron chi connectivity index (χ1n) is 6.23. The summed E-state index contributed by atoms with van der Waals surface area (Å²) >= 11 is 0. The van der Waals surface area contributed by atoms with Crippen LogP contribution < -0.4 is 10.0 Å². The minimum atomic E-state index is -3.46. The standard InChI is InChI=1S/C13H22N2O3S/c1-5-18-13(2,3)10-15-11-8-6-7-9-12(11)19(16,17)14-4/h6-9,14-15H,5,10H2,1-4H3. The van der Waals surface area contributed by atoms with E-state index in [0.29, 0.717) is 18.8 Å². The second kappa shape index (κ2) is 6.36. The van der Waals surface area contributed by atoms with Gasteiger partial charge in [0.1, 0.15) is 4.90 Å². The van der Waals surface area contributed by atoms with Crippen molar-refractivity contribution in [3.8, 4) is 0 Å². The molecule has 1 aromatic rings. The molecule has 0 aliphatic rings. The monoisotopic (exact) mass is 286 g/mol. The lowest BCUT2D eigenvalue weighted by Crippen LogP contribution is -2.34. The molecule has 0 saturated heterocycles. The van der Waals surface area contributed by atoms with E-state index in [9.17, 15) is 8.42 Å². The Labute approximate surface area is 115 Å². The van der Waals surface area contributed by atoms with Crippen molar-refractivity contribution < 1.29 is 13.2 Å². The summed E-state index contributed by atoms with van der Waals surface area (Å²) in [6, 6.07) is 6.81. The van der Waals surface area contributed by atoms with Gasteiger partial charge in [-0.3, -0.25) is 0 Å². The van der Waals surface area contributed by atoms with Gasteiger partial charge >= 0.3 is 0 Å². The molecule has 0 fully saturated rings. The SMILES string of the molecule is CCOC(C)(C)CNc1ccccc1S(=O)(=O)NC. The number of rotatable bonds is 7. The van der Waals surface area contributed by atoms with Gasteiger partial charge in [0.25, 0.3) is 0 Å². The molecule has 0 atom stereocenters. The van der Waals surface area contributed by atoms with Crippen molar-refractivity contribution in [3.05, 3.63) is 24.3 Å². The van der Waals surface area contributed by atoms with Gasteiger partial charge in [0.2, 0.25) is 10.0 Å². The van der Waals surface area contributed by atoms with E-state index in [1.54, 1.807) is 24.3 Å². The Kier molecular flexibility index (Phi) is 5.34. The zero-order valence-corrected chi connectivity index (χ0v) is 12.7. The van der Waals surface area contributed by atoms with Crippen molar-refractivity contribution >= 4 is 15.7 Å². The first-order valence-corrected chi connectivity index (χ1v) is 7.71. The molecule has 0 saturated carbocycles. The van der Waals surface area contributed by atoms with Crippen molar-refractivity contribution in [2.24, 2.45) is 0 Å². The van der Waals surface area contributed by atoms with Crippen LogP contribution in [0.5, 0.6) is 0 Å². The minimum absolute atomic E-state index is 0.241. The molecule has 0 amide bonds. The number of hydrogen-bond acceptors (Lipinski definition) is 4. The predicted molar refractivity (Wildman–Crippen MR) is 76.9 cm³/mol. The molecule has 0 aliphatic carbocycles. The third-order valence-electron chi connectivity index (χ3n) is 2.68. The summed E-state index contributed by atoms with van der Waals surface area (Å²) in [7, 11) is -2.06. The molecule has 0 heterocycles. The third kappa shape index (κ3) is 4.49. The Bertz CT molecular complexity index is 512. The highest BCUT2D eigenvalue weighted by Crippen LogP contribution is 2.21. The highest BCUT2D eigenvalue weighted by molar-refractivity contribution is 7.89.